The van der Waals surface area contributed by atoms with E-state index in [9.17, 15) is 19.7 Å². The summed E-state index contributed by atoms with van der Waals surface area (Å²) in [4.78, 5) is 39.1. The first-order valence-corrected chi connectivity index (χ1v) is 11.3. The lowest BCUT2D eigenvalue weighted by atomic mass is 10.0. The fourth-order valence-corrected chi connectivity index (χ4v) is 4.40. The largest absolute Gasteiger partial charge is 0.352 e. The van der Waals surface area contributed by atoms with Crippen LogP contribution in [0.15, 0.2) is 48.5 Å². The van der Waals surface area contributed by atoms with E-state index in [4.69, 9.17) is 0 Å². The molecular weight excluding hydrogens is 406 g/mol. The Morgan fingerprint density at radius 1 is 1.16 bits per heavy atom. The minimum absolute atomic E-state index is 0.0835. The van der Waals surface area contributed by atoms with E-state index in [0.717, 1.165) is 36.8 Å². The monoisotopic (exact) mass is 437 g/mol. The fourth-order valence-electron chi connectivity index (χ4n) is 4.40. The Hall–Kier alpha value is -3.22. The molecule has 1 fully saturated rings. The van der Waals surface area contributed by atoms with Gasteiger partial charge in [-0.25, -0.2) is 0 Å². The average Bonchev–Trinajstić information content (AvgIpc) is 3.27. The maximum absolute atomic E-state index is 13.4. The molecule has 1 atom stereocenters. The zero-order valence-electron chi connectivity index (χ0n) is 18.8. The second-order valence-corrected chi connectivity index (χ2v) is 8.49. The highest BCUT2D eigenvalue weighted by Gasteiger charge is 2.31. The van der Waals surface area contributed by atoms with Crippen LogP contribution >= 0.6 is 0 Å². The smallest absolute Gasteiger partial charge is 0.273 e. The molecule has 170 valence electrons. The Labute approximate surface area is 189 Å². The summed E-state index contributed by atoms with van der Waals surface area (Å²) in [6.45, 7) is 4.14. The molecule has 0 spiro atoms. The molecule has 7 nitrogen and oxygen atoms in total. The zero-order chi connectivity index (χ0) is 23.1. The standard InChI is InChI=1S/C25H31N3O4/c1-3-22(25(30)26-21-12-5-6-13-21)27(17-19-10-8-9-18(2)15-19)24(29)16-20-11-4-7-14-23(20)28(31)32/h4,7-11,14-15,21-22H,3,5-6,12-13,16-17H2,1-2H3,(H,26,30). The number of carbonyl (C=O) groups excluding carboxylic acids is 2. The van der Waals surface area contributed by atoms with Crippen molar-refractivity contribution in [2.45, 2.75) is 71.0 Å². The quantitative estimate of drug-likeness (QED) is 0.467. The molecule has 1 N–H and O–H groups in total. The van der Waals surface area contributed by atoms with E-state index >= 15 is 0 Å². The molecule has 0 radical (unpaired) electrons. The van der Waals surface area contributed by atoms with Crippen LogP contribution in [0.3, 0.4) is 0 Å². The van der Waals surface area contributed by atoms with Gasteiger partial charge < -0.3 is 10.2 Å². The molecule has 0 saturated heterocycles. The van der Waals surface area contributed by atoms with Crippen LogP contribution in [0.25, 0.3) is 0 Å². The third-order valence-electron chi connectivity index (χ3n) is 6.05. The van der Waals surface area contributed by atoms with Gasteiger partial charge in [-0.1, -0.05) is 67.8 Å². The van der Waals surface area contributed by atoms with Crippen molar-refractivity contribution in [2.75, 3.05) is 0 Å². The number of amides is 2. The van der Waals surface area contributed by atoms with Crippen molar-refractivity contribution >= 4 is 17.5 Å². The number of carbonyl (C=O) groups is 2. The predicted octanol–water partition coefficient (Wildman–Crippen LogP) is 4.31. The number of nitro benzene ring substituents is 1. The van der Waals surface area contributed by atoms with E-state index in [-0.39, 0.29) is 36.5 Å². The van der Waals surface area contributed by atoms with Gasteiger partial charge in [0.05, 0.1) is 11.3 Å². The van der Waals surface area contributed by atoms with Crippen LogP contribution < -0.4 is 5.32 Å². The molecule has 0 aromatic heterocycles. The van der Waals surface area contributed by atoms with Crippen LogP contribution in [0, 0.1) is 17.0 Å². The summed E-state index contributed by atoms with van der Waals surface area (Å²) in [5, 5.41) is 14.5. The molecule has 2 aromatic carbocycles. The number of rotatable bonds is 9. The molecule has 0 aliphatic heterocycles. The molecule has 7 heteroatoms. The third-order valence-corrected chi connectivity index (χ3v) is 6.05. The van der Waals surface area contributed by atoms with Crippen molar-refractivity contribution in [3.8, 4) is 0 Å². The van der Waals surface area contributed by atoms with Gasteiger partial charge in [0, 0.05) is 24.2 Å². The normalized spacial score (nSPS) is 14.7. The van der Waals surface area contributed by atoms with Gasteiger partial charge in [0.1, 0.15) is 6.04 Å². The molecule has 1 aliphatic rings. The van der Waals surface area contributed by atoms with Gasteiger partial charge >= 0.3 is 0 Å². The summed E-state index contributed by atoms with van der Waals surface area (Å²) >= 11 is 0. The predicted molar refractivity (Wildman–Crippen MR) is 123 cm³/mol. The van der Waals surface area contributed by atoms with E-state index in [0.29, 0.717) is 12.0 Å². The van der Waals surface area contributed by atoms with Gasteiger partial charge in [-0.2, -0.15) is 0 Å². The summed E-state index contributed by atoms with van der Waals surface area (Å²) in [5.74, 6) is -0.447. The van der Waals surface area contributed by atoms with Gasteiger partial charge in [0.2, 0.25) is 11.8 Å². The number of nitrogens with zero attached hydrogens (tertiary/aromatic N) is 2. The summed E-state index contributed by atoms with van der Waals surface area (Å²) in [6, 6.07) is 13.6. The van der Waals surface area contributed by atoms with Crippen LogP contribution in [0.4, 0.5) is 5.69 Å². The van der Waals surface area contributed by atoms with Crippen LogP contribution in [0.2, 0.25) is 0 Å². The third kappa shape index (κ3) is 5.93. The number of benzene rings is 2. The van der Waals surface area contributed by atoms with Gasteiger partial charge in [-0.3, -0.25) is 19.7 Å². The maximum Gasteiger partial charge on any atom is 0.273 e. The lowest BCUT2D eigenvalue weighted by molar-refractivity contribution is -0.385. The lowest BCUT2D eigenvalue weighted by Crippen LogP contribution is -2.51. The minimum Gasteiger partial charge on any atom is -0.352 e. The highest BCUT2D eigenvalue weighted by Crippen LogP contribution is 2.22. The number of nitro groups is 1. The Morgan fingerprint density at radius 3 is 2.53 bits per heavy atom. The number of aryl methyl sites for hydroxylation is 1. The van der Waals surface area contributed by atoms with Crippen molar-refractivity contribution in [3.63, 3.8) is 0 Å². The molecule has 1 unspecified atom stereocenters. The molecule has 3 rings (SSSR count). The van der Waals surface area contributed by atoms with Crippen molar-refractivity contribution < 1.29 is 14.5 Å². The van der Waals surface area contributed by atoms with Crippen LogP contribution in [0.1, 0.15) is 55.7 Å². The summed E-state index contributed by atoms with van der Waals surface area (Å²) in [5.41, 5.74) is 2.26. The zero-order valence-corrected chi connectivity index (χ0v) is 18.8. The second-order valence-electron chi connectivity index (χ2n) is 8.49. The minimum atomic E-state index is -0.633. The van der Waals surface area contributed by atoms with Crippen molar-refractivity contribution in [1.29, 1.82) is 0 Å². The van der Waals surface area contributed by atoms with Crippen LogP contribution in [-0.4, -0.2) is 33.7 Å². The molecule has 32 heavy (non-hydrogen) atoms. The first-order valence-electron chi connectivity index (χ1n) is 11.3. The van der Waals surface area contributed by atoms with Gasteiger partial charge in [0.25, 0.3) is 5.69 Å². The number of hydrogen-bond acceptors (Lipinski definition) is 4. The lowest BCUT2D eigenvalue weighted by Gasteiger charge is -2.31. The average molecular weight is 438 g/mol. The Balaban J connectivity index is 1.87. The first kappa shape index (κ1) is 23.4. The van der Waals surface area contributed by atoms with Crippen molar-refractivity contribution in [3.05, 3.63) is 75.3 Å². The van der Waals surface area contributed by atoms with Gasteiger partial charge in [-0.15, -0.1) is 0 Å². The second kappa shape index (κ2) is 10.9. The Morgan fingerprint density at radius 2 is 1.88 bits per heavy atom. The number of para-hydroxylation sites is 1. The highest BCUT2D eigenvalue weighted by molar-refractivity contribution is 5.89. The highest BCUT2D eigenvalue weighted by atomic mass is 16.6. The van der Waals surface area contributed by atoms with Crippen LogP contribution in [-0.2, 0) is 22.6 Å². The van der Waals surface area contributed by atoms with E-state index in [1.54, 1.807) is 23.1 Å². The van der Waals surface area contributed by atoms with E-state index in [1.807, 2.05) is 38.1 Å². The van der Waals surface area contributed by atoms with Crippen LogP contribution in [0.5, 0.6) is 0 Å². The van der Waals surface area contributed by atoms with Crippen molar-refractivity contribution in [1.82, 2.24) is 10.2 Å². The van der Waals surface area contributed by atoms with E-state index < -0.39 is 11.0 Å². The summed E-state index contributed by atoms with van der Waals surface area (Å²) in [7, 11) is 0. The summed E-state index contributed by atoms with van der Waals surface area (Å²) < 4.78 is 0. The number of hydrogen-bond donors (Lipinski definition) is 1. The first-order chi connectivity index (χ1) is 15.4. The fraction of sp³-hybridized carbons (Fsp3) is 0.440. The Bertz CT molecular complexity index is 969. The van der Waals surface area contributed by atoms with E-state index in [1.165, 1.54) is 6.07 Å². The molecule has 1 aliphatic carbocycles. The van der Waals surface area contributed by atoms with Gasteiger partial charge in [-0.05, 0) is 31.7 Å². The van der Waals surface area contributed by atoms with Gasteiger partial charge in [0.15, 0.2) is 0 Å². The molecule has 1 saturated carbocycles. The van der Waals surface area contributed by atoms with E-state index in [2.05, 4.69) is 5.32 Å². The maximum atomic E-state index is 13.4. The molecule has 0 bridgehead atoms. The van der Waals surface area contributed by atoms with Crippen molar-refractivity contribution in [2.24, 2.45) is 0 Å². The molecule has 2 aromatic rings. The molecule has 0 heterocycles. The molecule has 2 amide bonds. The SMILES string of the molecule is CCC(C(=O)NC1CCCC1)N(Cc1cccc(C)c1)C(=O)Cc1ccccc1[N+](=O)[O-]. The summed E-state index contributed by atoms with van der Waals surface area (Å²) in [6.07, 6.45) is 4.47. The number of nitrogens with one attached hydrogen (secondary N) is 1. The molecular formula is C25H31N3O4. The topological polar surface area (TPSA) is 92.6 Å². The Kier molecular flexibility index (Phi) is 7.98.